The molecule has 0 N–H and O–H groups in total. The van der Waals surface area contributed by atoms with Gasteiger partial charge in [-0.3, -0.25) is 4.79 Å². The maximum absolute atomic E-state index is 12.1. The molecule has 1 atom stereocenters. The van der Waals surface area contributed by atoms with Crippen molar-refractivity contribution < 1.29 is 9.53 Å². The van der Waals surface area contributed by atoms with Crippen molar-refractivity contribution in [2.24, 2.45) is 5.41 Å². The van der Waals surface area contributed by atoms with Crippen LogP contribution in [0.2, 0.25) is 0 Å². The maximum atomic E-state index is 12.1. The monoisotopic (exact) mass is 282 g/mol. The fraction of sp³-hybridized carbons (Fsp3) is 0.562. The maximum Gasteiger partial charge on any atom is 0.156 e. The van der Waals surface area contributed by atoms with E-state index in [2.05, 4.69) is 0 Å². The second-order valence-electron chi connectivity index (χ2n) is 6.06. The third-order valence-electron chi connectivity index (χ3n) is 2.76. The Hall–Kier alpha value is -1.02. The molecule has 0 saturated heterocycles. The van der Waals surface area contributed by atoms with Crippen LogP contribution in [0.15, 0.2) is 24.3 Å². The third-order valence-corrected chi connectivity index (χ3v) is 3.11. The summed E-state index contributed by atoms with van der Waals surface area (Å²) in [6.45, 7) is 9.63. The lowest BCUT2D eigenvalue weighted by atomic mass is 9.87. The van der Waals surface area contributed by atoms with Crippen LogP contribution >= 0.6 is 11.6 Å². The van der Waals surface area contributed by atoms with Crippen LogP contribution in [0.4, 0.5) is 0 Å². The summed E-state index contributed by atoms with van der Waals surface area (Å²) in [5.41, 5.74) is 0.564. The molecule has 0 heterocycles. The Kier molecular flexibility index (Phi) is 5.42. The number of halogens is 1. The quantitative estimate of drug-likeness (QED) is 0.755. The van der Waals surface area contributed by atoms with Crippen molar-refractivity contribution in [2.75, 3.05) is 0 Å². The van der Waals surface area contributed by atoms with Crippen molar-refractivity contribution in [1.29, 1.82) is 0 Å². The Balaban J connectivity index is 2.85. The smallest absolute Gasteiger partial charge is 0.156 e. The van der Waals surface area contributed by atoms with Crippen LogP contribution in [0, 0.1) is 5.41 Å². The fourth-order valence-corrected chi connectivity index (χ4v) is 2.29. The molecular weight excluding hydrogens is 260 g/mol. The van der Waals surface area contributed by atoms with E-state index in [0.717, 1.165) is 11.3 Å². The van der Waals surface area contributed by atoms with Crippen molar-refractivity contribution in [3.63, 3.8) is 0 Å². The summed E-state index contributed by atoms with van der Waals surface area (Å²) in [4.78, 5) is 12.1. The summed E-state index contributed by atoms with van der Waals surface area (Å²) in [7, 11) is 0. The average Bonchev–Trinajstić information content (AvgIpc) is 2.28. The molecule has 0 aromatic heterocycles. The highest BCUT2D eigenvalue weighted by Gasteiger charge is 2.28. The topological polar surface area (TPSA) is 26.3 Å². The zero-order valence-electron chi connectivity index (χ0n) is 12.4. The van der Waals surface area contributed by atoms with Gasteiger partial charge in [-0.15, -0.1) is 11.6 Å². The van der Waals surface area contributed by atoms with Gasteiger partial charge in [0.25, 0.3) is 0 Å². The SMILES string of the molecule is CC(C)Oc1ccccc1CC(Cl)C(=O)C(C)(C)C. The Morgan fingerprint density at radius 1 is 1.26 bits per heavy atom. The molecule has 2 nitrogen and oxygen atoms in total. The molecule has 0 aliphatic rings. The van der Waals surface area contributed by atoms with Gasteiger partial charge in [-0.1, -0.05) is 39.0 Å². The Morgan fingerprint density at radius 3 is 2.37 bits per heavy atom. The van der Waals surface area contributed by atoms with Gasteiger partial charge >= 0.3 is 0 Å². The molecule has 0 spiro atoms. The molecule has 0 amide bonds. The van der Waals surface area contributed by atoms with Gasteiger partial charge < -0.3 is 4.74 Å². The zero-order chi connectivity index (χ0) is 14.6. The van der Waals surface area contributed by atoms with Gasteiger partial charge in [0.15, 0.2) is 5.78 Å². The molecule has 0 fully saturated rings. The summed E-state index contributed by atoms with van der Waals surface area (Å²) >= 11 is 6.25. The number of alkyl halides is 1. The number of hydrogen-bond donors (Lipinski definition) is 0. The van der Waals surface area contributed by atoms with Gasteiger partial charge in [0.2, 0.25) is 0 Å². The van der Waals surface area contributed by atoms with E-state index in [4.69, 9.17) is 16.3 Å². The van der Waals surface area contributed by atoms with Crippen LogP contribution in [0.5, 0.6) is 5.75 Å². The molecule has 0 radical (unpaired) electrons. The van der Waals surface area contributed by atoms with Gasteiger partial charge in [0.1, 0.15) is 5.75 Å². The van der Waals surface area contributed by atoms with Crippen molar-refractivity contribution in [3.05, 3.63) is 29.8 Å². The van der Waals surface area contributed by atoms with Crippen molar-refractivity contribution >= 4 is 17.4 Å². The minimum Gasteiger partial charge on any atom is -0.491 e. The molecule has 1 aromatic rings. The molecule has 106 valence electrons. The highest BCUT2D eigenvalue weighted by atomic mass is 35.5. The van der Waals surface area contributed by atoms with Crippen molar-refractivity contribution in [2.45, 2.75) is 52.5 Å². The van der Waals surface area contributed by atoms with E-state index in [-0.39, 0.29) is 11.9 Å². The lowest BCUT2D eigenvalue weighted by Crippen LogP contribution is -2.30. The highest BCUT2D eigenvalue weighted by Crippen LogP contribution is 2.26. The second-order valence-corrected chi connectivity index (χ2v) is 6.59. The largest absolute Gasteiger partial charge is 0.491 e. The predicted molar refractivity (Wildman–Crippen MR) is 80.0 cm³/mol. The summed E-state index contributed by atoms with van der Waals surface area (Å²) in [6.07, 6.45) is 0.605. The number of benzene rings is 1. The van der Waals surface area contributed by atoms with E-state index in [1.165, 1.54) is 0 Å². The number of rotatable bonds is 5. The number of carbonyl (C=O) groups is 1. The Bertz CT molecular complexity index is 433. The lowest BCUT2D eigenvalue weighted by Gasteiger charge is -2.21. The van der Waals surface area contributed by atoms with Crippen LogP contribution in [-0.2, 0) is 11.2 Å². The normalized spacial score (nSPS) is 13.4. The highest BCUT2D eigenvalue weighted by molar-refractivity contribution is 6.31. The van der Waals surface area contributed by atoms with Gasteiger partial charge in [0, 0.05) is 5.41 Å². The van der Waals surface area contributed by atoms with E-state index in [1.807, 2.05) is 58.9 Å². The first kappa shape index (κ1) is 16.0. The van der Waals surface area contributed by atoms with Crippen LogP contribution in [0.1, 0.15) is 40.2 Å². The number of hydrogen-bond acceptors (Lipinski definition) is 2. The molecule has 1 aromatic carbocycles. The molecule has 3 heteroatoms. The standard InChI is InChI=1S/C16H23ClO2/c1-11(2)19-14-9-7-6-8-12(14)10-13(17)15(18)16(3,4)5/h6-9,11,13H,10H2,1-5H3. The minimum absolute atomic E-state index is 0.0634. The number of ether oxygens (including phenoxy) is 1. The first-order chi connectivity index (χ1) is 8.71. The summed E-state index contributed by atoms with van der Waals surface area (Å²) in [6, 6.07) is 7.74. The second kappa shape index (κ2) is 6.42. The first-order valence-electron chi connectivity index (χ1n) is 6.64. The van der Waals surface area contributed by atoms with Gasteiger partial charge in [-0.2, -0.15) is 0 Å². The van der Waals surface area contributed by atoms with Gasteiger partial charge in [0.05, 0.1) is 11.5 Å². The van der Waals surface area contributed by atoms with Crippen LogP contribution < -0.4 is 4.74 Å². The van der Waals surface area contributed by atoms with Crippen LogP contribution in [-0.4, -0.2) is 17.3 Å². The van der Waals surface area contributed by atoms with E-state index < -0.39 is 10.8 Å². The summed E-state index contributed by atoms with van der Waals surface area (Å²) in [5, 5.41) is -0.517. The van der Waals surface area contributed by atoms with E-state index in [1.54, 1.807) is 0 Å². The van der Waals surface area contributed by atoms with E-state index >= 15 is 0 Å². The summed E-state index contributed by atoms with van der Waals surface area (Å²) in [5.74, 6) is 0.873. The fourth-order valence-electron chi connectivity index (χ4n) is 1.80. The van der Waals surface area contributed by atoms with Gasteiger partial charge in [-0.25, -0.2) is 0 Å². The summed E-state index contributed by atoms with van der Waals surface area (Å²) < 4.78 is 5.74. The van der Waals surface area contributed by atoms with Crippen molar-refractivity contribution in [1.82, 2.24) is 0 Å². The average molecular weight is 283 g/mol. The predicted octanol–water partition coefficient (Wildman–Crippen LogP) is 4.24. The molecule has 0 aliphatic carbocycles. The van der Waals surface area contributed by atoms with Crippen LogP contribution in [0.3, 0.4) is 0 Å². The minimum atomic E-state index is -0.517. The molecule has 0 saturated carbocycles. The van der Waals surface area contributed by atoms with E-state index in [0.29, 0.717) is 6.42 Å². The molecule has 0 aliphatic heterocycles. The zero-order valence-corrected chi connectivity index (χ0v) is 13.1. The Labute approximate surface area is 121 Å². The van der Waals surface area contributed by atoms with E-state index in [9.17, 15) is 4.79 Å². The number of para-hydroxylation sites is 1. The molecule has 1 unspecified atom stereocenters. The van der Waals surface area contributed by atoms with Gasteiger partial charge in [-0.05, 0) is 31.9 Å². The molecule has 1 rings (SSSR count). The molecule has 19 heavy (non-hydrogen) atoms. The number of Topliss-reactive ketones (excluding diaryl/α,β-unsaturated/α-hetero) is 1. The first-order valence-corrected chi connectivity index (χ1v) is 7.08. The number of ketones is 1. The lowest BCUT2D eigenvalue weighted by molar-refractivity contribution is -0.125. The van der Waals surface area contributed by atoms with Crippen molar-refractivity contribution in [3.8, 4) is 5.75 Å². The van der Waals surface area contributed by atoms with Crippen LogP contribution in [0.25, 0.3) is 0 Å². The number of carbonyl (C=O) groups excluding carboxylic acids is 1. The molecular formula is C16H23ClO2. The molecule has 0 bridgehead atoms. The third kappa shape index (κ3) is 4.87. The Morgan fingerprint density at radius 2 is 1.84 bits per heavy atom.